The Kier molecular flexibility index (Phi) is 8.59. The van der Waals surface area contributed by atoms with E-state index in [9.17, 15) is 33.5 Å². The lowest BCUT2D eigenvalue weighted by Gasteiger charge is -2.50. The Labute approximate surface area is 280 Å². The Hall–Kier alpha value is -3.96. The molecule has 2 heterocycles. The fraction of sp³-hybridized carbons (Fsp3) is 0.441. The second kappa shape index (κ2) is 12.2. The van der Waals surface area contributed by atoms with Gasteiger partial charge >= 0.3 is 5.97 Å². The van der Waals surface area contributed by atoms with Gasteiger partial charge in [-0.2, -0.15) is 0 Å². The summed E-state index contributed by atoms with van der Waals surface area (Å²) in [6, 6.07) is 9.26. The number of carbonyl (C=O) groups excluding carboxylic acids is 4. The minimum atomic E-state index is -2.11. The number of ether oxygens (including phenoxy) is 1. The standard InChI is InChI=1S/C34H33Cl2FN2O8/c1-2-47-25-16-18(7-14-24(25)40)28-21-12-13-22-27(30(44)38(29(22)43)15-5-3-4-6-26(41)42)23(21)17-33(35)31(45)39(32(46)34(28,33)36)20-10-8-19(37)9-11-20/h7-12,14,16,22-23,27-28,40H,2-6,13,15,17H2,1H3,(H,41,42)/t22-,23+,27-,28-,33+,34-/m0/s1. The van der Waals surface area contributed by atoms with Crippen molar-refractivity contribution in [3.05, 3.63) is 65.5 Å². The molecule has 2 saturated heterocycles. The van der Waals surface area contributed by atoms with Gasteiger partial charge in [0.15, 0.2) is 21.2 Å². The van der Waals surface area contributed by atoms with Crippen LogP contribution in [0.1, 0.15) is 56.9 Å². The molecule has 2 N–H and O–H groups in total. The number of hydrogen-bond acceptors (Lipinski definition) is 7. The highest BCUT2D eigenvalue weighted by Crippen LogP contribution is 2.66. The Morgan fingerprint density at radius 3 is 2.40 bits per heavy atom. The number of phenols is 1. The SMILES string of the molecule is CCOc1cc([C@H]2C3=CC[C@@H]4C(=O)N(CCCCCC(=O)O)C(=O)[C@@H]4[C@@H]3C[C@@]3(Cl)C(=O)N(c4ccc(F)cc4)C(=O)[C@@]23Cl)ccc1O. The van der Waals surface area contributed by atoms with Crippen molar-refractivity contribution in [3.8, 4) is 11.5 Å². The van der Waals surface area contributed by atoms with Gasteiger partial charge in [0.1, 0.15) is 5.82 Å². The topological polar surface area (TPSA) is 142 Å². The van der Waals surface area contributed by atoms with Gasteiger partial charge in [-0.05, 0) is 80.5 Å². The van der Waals surface area contributed by atoms with Crippen molar-refractivity contribution in [3.63, 3.8) is 0 Å². The summed E-state index contributed by atoms with van der Waals surface area (Å²) in [5, 5.41) is 19.4. The zero-order chi connectivity index (χ0) is 33.8. The van der Waals surface area contributed by atoms with Crippen LogP contribution in [0.2, 0.25) is 0 Å². The second-order valence-electron chi connectivity index (χ2n) is 12.4. The zero-order valence-corrected chi connectivity index (χ0v) is 27.0. The maximum absolute atomic E-state index is 14.4. The number of likely N-dealkylation sites (tertiary alicyclic amines) is 1. The number of benzene rings is 2. The van der Waals surface area contributed by atoms with Crippen LogP contribution in [-0.4, -0.2) is 67.6 Å². The molecule has 6 atom stereocenters. The van der Waals surface area contributed by atoms with E-state index in [0.717, 1.165) is 17.0 Å². The van der Waals surface area contributed by atoms with Crippen LogP contribution in [0.5, 0.6) is 11.5 Å². The number of aliphatic carboxylic acids is 1. The third kappa shape index (κ3) is 5.09. The summed E-state index contributed by atoms with van der Waals surface area (Å²) in [6.07, 6.45) is 3.15. The molecule has 2 aromatic carbocycles. The normalized spacial score (nSPS) is 29.8. The molecule has 2 aromatic rings. The maximum atomic E-state index is 14.4. The van der Waals surface area contributed by atoms with E-state index in [1.807, 2.05) is 6.08 Å². The molecular formula is C34H33Cl2FN2O8. The summed E-state index contributed by atoms with van der Waals surface area (Å²) in [5.74, 6) is -7.33. The van der Waals surface area contributed by atoms with Gasteiger partial charge in [0.25, 0.3) is 11.8 Å². The first kappa shape index (κ1) is 33.0. The van der Waals surface area contributed by atoms with Crippen LogP contribution in [0, 0.1) is 23.6 Å². The van der Waals surface area contributed by atoms with Crippen molar-refractivity contribution in [1.29, 1.82) is 0 Å². The lowest BCUT2D eigenvalue weighted by Crippen LogP contribution is -2.60. The van der Waals surface area contributed by atoms with Gasteiger partial charge in [0, 0.05) is 18.9 Å². The van der Waals surface area contributed by atoms with Crippen LogP contribution in [0.3, 0.4) is 0 Å². The number of imide groups is 2. The average molecular weight is 688 g/mol. The Morgan fingerprint density at radius 1 is 1.00 bits per heavy atom. The molecule has 0 radical (unpaired) electrons. The van der Waals surface area contributed by atoms with Crippen LogP contribution in [0.25, 0.3) is 0 Å². The first-order chi connectivity index (χ1) is 22.3. The molecule has 248 valence electrons. The van der Waals surface area contributed by atoms with Gasteiger partial charge in [0.2, 0.25) is 11.8 Å². The van der Waals surface area contributed by atoms with Gasteiger partial charge in [0.05, 0.1) is 24.1 Å². The molecule has 4 amide bonds. The van der Waals surface area contributed by atoms with E-state index in [1.165, 1.54) is 29.2 Å². The predicted octanol–water partition coefficient (Wildman–Crippen LogP) is 5.14. The molecule has 47 heavy (non-hydrogen) atoms. The highest BCUT2D eigenvalue weighted by molar-refractivity contribution is 6.58. The molecule has 0 spiro atoms. The summed E-state index contributed by atoms with van der Waals surface area (Å²) in [6.45, 7) is 2.09. The van der Waals surface area contributed by atoms with Crippen molar-refractivity contribution >= 4 is 58.5 Å². The molecule has 3 fully saturated rings. The number of alkyl halides is 2. The predicted molar refractivity (Wildman–Crippen MR) is 169 cm³/mol. The Bertz CT molecular complexity index is 1700. The molecule has 10 nitrogen and oxygen atoms in total. The summed E-state index contributed by atoms with van der Waals surface area (Å²) in [5.41, 5.74) is 1.07. The number of rotatable bonds is 10. The Morgan fingerprint density at radius 2 is 1.72 bits per heavy atom. The maximum Gasteiger partial charge on any atom is 0.303 e. The fourth-order valence-electron chi connectivity index (χ4n) is 7.76. The van der Waals surface area contributed by atoms with E-state index in [0.29, 0.717) is 30.4 Å². The monoisotopic (exact) mass is 686 g/mol. The van der Waals surface area contributed by atoms with Gasteiger partial charge in [-0.15, -0.1) is 23.2 Å². The molecule has 1 saturated carbocycles. The number of allylic oxidation sites excluding steroid dienone is 2. The highest BCUT2D eigenvalue weighted by atomic mass is 35.5. The molecule has 0 bridgehead atoms. The number of halogens is 3. The van der Waals surface area contributed by atoms with Crippen molar-refractivity contribution < 1.29 is 43.3 Å². The van der Waals surface area contributed by atoms with Crippen LogP contribution in [0.4, 0.5) is 10.1 Å². The molecular weight excluding hydrogens is 654 g/mol. The number of carbonyl (C=O) groups is 5. The van der Waals surface area contributed by atoms with Crippen LogP contribution in [-0.2, 0) is 24.0 Å². The molecule has 2 aliphatic carbocycles. The van der Waals surface area contributed by atoms with Crippen LogP contribution < -0.4 is 9.64 Å². The number of aromatic hydroxyl groups is 1. The summed E-state index contributed by atoms with van der Waals surface area (Å²) < 4.78 is 19.5. The van der Waals surface area contributed by atoms with E-state index in [4.69, 9.17) is 33.0 Å². The van der Waals surface area contributed by atoms with Gasteiger partial charge in [-0.3, -0.25) is 28.9 Å². The number of fused-ring (bicyclic) bond motifs is 4. The van der Waals surface area contributed by atoms with E-state index < -0.39 is 62.9 Å². The third-order valence-electron chi connectivity index (χ3n) is 9.88. The number of carboxylic acids is 1. The lowest BCUT2D eigenvalue weighted by atomic mass is 9.56. The van der Waals surface area contributed by atoms with Gasteiger partial charge in [-0.25, -0.2) is 9.29 Å². The number of carboxylic acid groups (broad SMARTS) is 1. The minimum absolute atomic E-state index is 0.00811. The quantitative estimate of drug-likeness (QED) is 0.152. The van der Waals surface area contributed by atoms with E-state index in [-0.39, 0.29) is 55.5 Å². The number of nitrogens with zero attached hydrogens (tertiary/aromatic N) is 2. The van der Waals surface area contributed by atoms with Crippen molar-refractivity contribution in [2.45, 2.75) is 61.1 Å². The smallest absolute Gasteiger partial charge is 0.303 e. The van der Waals surface area contributed by atoms with E-state index in [2.05, 4.69) is 0 Å². The summed E-state index contributed by atoms with van der Waals surface area (Å²) in [4.78, 5) is 65.1. The van der Waals surface area contributed by atoms with Gasteiger partial charge in [-0.1, -0.05) is 24.1 Å². The largest absolute Gasteiger partial charge is 0.504 e. The number of amides is 4. The van der Waals surface area contributed by atoms with Crippen molar-refractivity contribution in [2.24, 2.45) is 17.8 Å². The van der Waals surface area contributed by atoms with Crippen molar-refractivity contribution in [1.82, 2.24) is 4.90 Å². The van der Waals surface area contributed by atoms with Crippen LogP contribution >= 0.6 is 23.2 Å². The average Bonchev–Trinajstić information content (AvgIpc) is 3.36. The molecule has 0 unspecified atom stereocenters. The third-order valence-corrected chi connectivity index (χ3v) is 11.3. The first-order valence-corrected chi connectivity index (χ1v) is 16.4. The first-order valence-electron chi connectivity index (χ1n) is 15.6. The molecule has 0 aromatic heterocycles. The molecule has 2 aliphatic heterocycles. The molecule has 4 aliphatic rings. The number of phenolic OH excluding ortho intramolecular Hbond substituents is 1. The molecule has 13 heteroatoms. The summed E-state index contributed by atoms with van der Waals surface area (Å²) in [7, 11) is 0. The highest BCUT2D eigenvalue weighted by Gasteiger charge is 2.76. The minimum Gasteiger partial charge on any atom is -0.504 e. The number of unbranched alkanes of at least 4 members (excludes halogenated alkanes) is 2. The van der Waals surface area contributed by atoms with E-state index >= 15 is 0 Å². The summed E-state index contributed by atoms with van der Waals surface area (Å²) >= 11 is 14.7. The van der Waals surface area contributed by atoms with Crippen molar-refractivity contribution in [2.75, 3.05) is 18.1 Å². The molecule has 6 rings (SSSR count). The fourth-order valence-corrected chi connectivity index (χ4v) is 8.70. The zero-order valence-electron chi connectivity index (χ0n) is 25.5. The number of hydrogen-bond donors (Lipinski definition) is 2. The van der Waals surface area contributed by atoms with Crippen LogP contribution in [0.15, 0.2) is 54.1 Å². The van der Waals surface area contributed by atoms with Gasteiger partial charge < -0.3 is 14.9 Å². The lowest BCUT2D eigenvalue weighted by molar-refractivity contribution is -0.141. The Balaban J connectivity index is 1.43. The number of anilines is 1. The second-order valence-corrected chi connectivity index (χ2v) is 13.7. The van der Waals surface area contributed by atoms with E-state index in [1.54, 1.807) is 13.0 Å².